The lowest BCUT2D eigenvalue weighted by molar-refractivity contribution is 0.321. The summed E-state index contributed by atoms with van der Waals surface area (Å²) in [5.41, 5.74) is 8.35. The molecule has 0 aliphatic carbocycles. The summed E-state index contributed by atoms with van der Waals surface area (Å²) in [6.07, 6.45) is 0. The molecule has 9 heteroatoms. The molecule has 0 radical (unpaired) electrons. The van der Waals surface area contributed by atoms with Crippen LogP contribution in [0.5, 0.6) is 0 Å². The van der Waals surface area contributed by atoms with Crippen molar-refractivity contribution in [3.05, 3.63) is 152 Å². The number of hydrogen-bond acceptors (Lipinski definition) is 5. The van der Waals surface area contributed by atoms with E-state index in [1.165, 1.54) is 22.0 Å². The first-order chi connectivity index (χ1) is 20.8. The molecule has 6 aromatic rings. The van der Waals surface area contributed by atoms with Gasteiger partial charge in [-0.15, -0.1) is 11.3 Å². The van der Waals surface area contributed by atoms with E-state index in [-0.39, 0.29) is 5.56 Å². The molecule has 4 aromatic carbocycles. The molecular formula is C34H28F2N4O2S. The lowest BCUT2D eigenvalue weighted by Gasteiger charge is -2.18. The van der Waals surface area contributed by atoms with Gasteiger partial charge in [0.2, 0.25) is 0 Å². The van der Waals surface area contributed by atoms with Gasteiger partial charge in [-0.1, -0.05) is 72.8 Å². The topological polar surface area (TPSA) is 73.3 Å². The van der Waals surface area contributed by atoms with Crippen molar-refractivity contribution in [3.8, 4) is 16.1 Å². The summed E-state index contributed by atoms with van der Waals surface area (Å²) in [5.74, 6) is -1.55. The number of fused-ring (bicyclic) bond motifs is 1. The Morgan fingerprint density at radius 3 is 2.07 bits per heavy atom. The van der Waals surface area contributed by atoms with Crippen LogP contribution in [0.15, 0.2) is 113 Å². The van der Waals surface area contributed by atoms with Crippen LogP contribution >= 0.6 is 11.3 Å². The Labute approximate surface area is 250 Å². The molecule has 0 aliphatic rings. The first-order valence-electron chi connectivity index (χ1n) is 13.7. The Hall–Kier alpha value is -4.86. The fourth-order valence-electron chi connectivity index (χ4n) is 5.35. The second kappa shape index (κ2) is 11.8. The van der Waals surface area contributed by atoms with E-state index in [2.05, 4.69) is 4.90 Å². The van der Waals surface area contributed by atoms with Crippen molar-refractivity contribution in [2.45, 2.75) is 19.6 Å². The van der Waals surface area contributed by atoms with Crippen LogP contribution in [0.3, 0.4) is 0 Å². The lowest BCUT2D eigenvalue weighted by Crippen LogP contribution is -2.39. The molecule has 2 aromatic heterocycles. The molecule has 6 rings (SSSR count). The zero-order chi connectivity index (χ0) is 30.1. The smallest absolute Gasteiger partial charge is 0.337 e. The Bertz CT molecular complexity index is 2030. The number of aromatic nitrogens is 2. The van der Waals surface area contributed by atoms with Crippen LogP contribution < -0.4 is 17.0 Å². The van der Waals surface area contributed by atoms with Gasteiger partial charge in [-0.25, -0.2) is 18.1 Å². The maximum atomic E-state index is 14.9. The Morgan fingerprint density at radius 1 is 0.767 bits per heavy atom. The van der Waals surface area contributed by atoms with Crippen molar-refractivity contribution in [1.82, 2.24) is 14.0 Å². The van der Waals surface area contributed by atoms with Gasteiger partial charge in [0.25, 0.3) is 5.56 Å². The van der Waals surface area contributed by atoms with Crippen molar-refractivity contribution in [2.24, 2.45) is 0 Å². The maximum Gasteiger partial charge on any atom is 0.337 e. The molecule has 0 aliphatic heterocycles. The highest BCUT2D eigenvalue weighted by atomic mass is 32.1. The molecule has 0 saturated carbocycles. The number of nitrogen functional groups attached to an aromatic ring is 1. The average Bonchev–Trinajstić information content (AvgIpc) is 3.36. The van der Waals surface area contributed by atoms with E-state index in [9.17, 15) is 18.4 Å². The van der Waals surface area contributed by atoms with E-state index in [4.69, 9.17) is 5.73 Å². The summed E-state index contributed by atoms with van der Waals surface area (Å²) >= 11 is 1.23. The van der Waals surface area contributed by atoms with E-state index < -0.39 is 29.4 Å². The van der Waals surface area contributed by atoms with Crippen LogP contribution in [0.2, 0.25) is 0 Å². The second-order valence-electron chi connectivity index (χ2n) is 10.4. The van der Waals surface area contributed by atoms with Gasteiger partial charge in [-0.2, -0.15) is 0 Å². The predicted octanol–water partition coefficient (Wildman–Crippen LogP) is 6.42. The summed E-state index contributed by atoms with van der Waals surface area (Å²) in [7, 11) is 1.95. The third-order valence-electron chi connectivity index (χ3n) is 7.39. The third-order valence-corrected chi connectivity index (χ3v) is 8.68. The number of benzene rings is 4. The van der Waals surface area contributed by atoms with Gasteiger partial charge in [0.15, 0.2) is 0 Å². The number of hydrogen-bond donors (Lipinski definition) is 1. The van der Waals surface area contributed by atoms with Crippen molar-refractivity contribution in [1.29, 1.82) is 0 Å². The third kappa shape index (κ3) is 5.40. The molecule has 0 atom stereocenters. The Balaban J connectivity index is 1.66. The monoisotopic (exact) mass is 594 g/mol. The lowest BCUT2D eigenvalue weighted by atomic mass is 10.0. The van der Waals surface area contributed by atoms with Gasteiger partial charge in [0, 0.05) is 34.8 Å². The van der Waals surface area contributed by atoms with E-state index in [1.54, 1.807) is 36.4 Å². The summed E-state index contributed by atoms with van der Waals surface area (Å²) in [6, 6.07) is 29.4. The second-order valence-corrected chi connectivity index (χ2v) is 11.4. The first-order valence-corrected chi connectivity index (χ1v) is 14.5. The normalized spacial score (nSPS) is 11.4. The van der Waals surface area contributed by atoms with Crippen LogP contribution in [-0.4, -0.2) is 21.1 Å². The van der Waals surface area contributed by atoms with Crippen LogP contribution in [-0.2, 0) is 19.6 Å². The van der Waals surface area contributed by atoms with Crippen LogP contribution in [0.4, 0.5) is 14.5 Å². The van der Waals surface area contributed by atoms with Gasteiger partial charge in [-0.05, 0) is 48.5 Å². The summed E-state index contributed by atoms with van der Waals surface area (Å²) in [4.78, 5) is 31.5. The van der Waals surface area contributed by atoms with E-state index in [0.717, 1.165) is 27.1 Å². The summed E-state index contributed by atoms with van der Waals surface area (Å²) in [6.45, 7) is 0.564. The molecular weight excluding hydrogens is 566 g/mol. The summed E-state index contributed by atoms with van der Waals surface area (Å²) in [5, 5.41) is 0.309. The van der Waals surface area contributed by atoms with Gasteiger partial charge < -0.3 is 5.73 Å². The fraction of sp³-hybridized carbons (Fsp3) is 0.118. The zero-order valence-electron chi connectivity index (χ0n) is 23.3. The Morgan fingerprint density at radius 2 is 1.40 bits per heavy atom. The first kappa shape index (κ1) is 28.3. The van der Waals surface area contributed by atoms with Crippen LogP contribution in [0.1, 0.15) is 16.7 Å². The molecule has 216 valence electrons. The average molecular weight is 595 g/mol. The van der Waals surface area contributed by atoms with Gasteiger partial charge in [0.1, 0.15) is 16.5 Å². The molecule has 0 amide bonds. The number of nitrogens with zero attached hydrogens (tertiary/aromatic N) is 3. The molecule has 2 N–H and O–H groups in total. The molecule has 0 spiro atoms. The minimum Gasteiger partial charge on any atom is -0.398 e. The minimum atomic E-state index is -0.774. The maximum absolute atomic E-state index is 14.9. The largest absolute Gasteiger partial charge is 0.398 e. The molecule has 43 heavy (non-hydrogen) atoms. The van der Waals surface area contributed by atoms with E-state index >= 15 is 0 Å². The van der Waals surface area contributed by atoms with Crippen molar-refractivity contribution >= 4 is 27.2 Å². The van der Waals surface area contributed by atoms with Gasteiger partial charge in [0.05, 0.1) is 17.6 Å². The van der Waals surface area contributed by atoms with Crippen LogP contribution in [0.25, 0.3) is 26.3 Å². The number of halogens is 2. The number of anilines is 1. The quantitative estimate of drug-likeness (QED) is 0.207. The van der Waals surface area contributed by atoms with Crippen molar-refractivity contribution < 1.29 is 8.78 Å². The Kier molecular flexibility index (Phi) is 7.75. The van der Waals surface area contributed by atoms with Gasteiger partial charge in [-0.3, -0.25) is 14.3 Å². The SMILES string of the molecule is CN(Cc1ccccc1)Cc1c(-c2ccccc2N)sc2c1c(=O)n(-c1ccccc1)c(=O)n2Cc1c(F)cccc1F. The fourth-order valence-corrected chi connectivity index (χ4v) is 6.69. The predicted molar refractivity (Wildman–Crippen MR) is 169 cm³/mol. The molecule has 0 saturated heterocycles. The van der Waals surface area contributed by atoms with Crippen LogP contribution in [0, 0.1) is 11.6 Å². The summed E-state index contributed by atoms with van der Waals surface area (Å²) < 4.78 is 32.2. The highest BCUT2D eigenvalue weighted by Crippen LogP contribution is 2.40. The zero-order valence-corrected chi connectivity index (χ0v) is 24.2. The highest BCUT2D eigenvalue weighted by Gasteiger charge is 2.26. The number of para-hydroxylation sites is 2. The van der Waals surface area contributed by atoms with Crippen molar-refractivity contribution in [3.63, 3.8) is 0 Å². The van der Waals surface area contributed by atoms with Crippen molar-refractivity contribution in [2.75, 3.05) is 12.8 Å². The highest BCUT2D eigenvalue weighted by molar-refractivity contribution is 7.22. The number of nitrogens with two attached hydrogens (primary N) is 1. The number of thiophene rings is 1. The van der Waals surface area contributed by atoms with E-state index in [0.29, 0.717) is 45.8 Å². The molecule has 0 bridgehead atoms. The standard InChI is InChI=1S/C34H28F2N4O2S/c1-38(19-22-11-4-2-5-12-22)20-26-30-32(41)40(23-13-6-3-7-14-23)34(42)39(21-25-27(35)16-10-17-28(25)36)33(30)43-31(26)24-15-8-9-18-29(24)37/h2-18H,19-21,37H2,1H3. The van der Waals surface area contributed by atoms with E-state index in [1.807, 2.05) is 55.6 Å². The molecule has 0 fully saturated rings. The van der Waals surface area contributed by atoms with Gasteiger partial charge >= 0.3 is 5.69 Å². The molecule has 2 heterocycles. The molecule has 6 nitrogen and oxygen atoms in total. The minimum absolute atomic E-state index is 0.263. The number of rotatable bonds is 8. The molecule has 0 unspecified atom stereocenters.